The molecular formula is C42H22O4. The van der Waals surface area contributed by atoms with Gasteiger partial charge in [-0.3, -0.25) is 0 Å². The summed E-state index contributed by atoms with van der Waals surface area (Å²) in [6.45, 7) is 0. The molecule has 214 valence electrons. The van der Waals surface area contributed by atoms with Crippen molar-refractivity contribution in [2.75, 3.05) is 0 Å². The van der Waals surface area contributed by atoms with E-state index in [2.05, 4.69) is 91.0 Å². The van der Waals surface area contributed by atoms with Gasteiger partial charge in [-0.2, -0.15) is 0 Å². The highest BCUT2D eigenvalue weighted by Gasteiger charge is 2.19. The van der Waals surface area contributed by atoms with Crippen molar-refractivity contribution in [2.45, 2.75) is 0 Å². The van der Waals surface area contributed by atoms with E-state index >= 15 is 0 Å². The van der Waals surface area contributed by atoms with Crippen LogP contribution in [0.15, 0.2) is 151 Å². The van der Waals surface area contributed by atoms with Crippen LogP contribution in [-0.4, -0.2) is 0 Å². The van der Waals surface area contributed by atoms with Crippen LogP contribution in [0, 0.1) is 0 Å². The van der Waals surface area contributed by atoms with Gasteiger partial charge in [0, 0.05) is 60.3 Å². The summed E-state index contributed by atoms with van der Waals surface area (Å²) in [5.41, 5.74) is 11.2. The number of furan rings is 4. The molecule has 0 spiro atoms. The summed E-state index contributed by atoms with van der Waals surface area (Å²) >= 11 is 0. The second-order valence-corrected chi connectivity index (χ2v) is 12.0. The molecule has 0 unspecified atom stereocenters. The number of fused-ring (bicyclic) bond motifs is 12. The van der Waals surface area contributed by atoms with Gasteiger partial charge in [0.05, 0.1) is 0 Å². The number of rotatable bonds is 2. The van der Waals surface area contributed by atoms with E-state index in [1.807, 2.05) is 42.5 Å². The molecule has 0 aliphatic carbocycles. The van der Waals surface area contributed by atoms with Crippen LogP contribution in [0.2, 0.25) is 0 Å². The summed E-state index contributed by atoms with van der Waals surface area (Å²) < 4.78 is 25.4. The Kier molecular flexibility index (Phi) is 4.55. The van der Waals surface area contributed by atoms with E-state index in [4.69, 9.17) is 17.7 Å². The third-order valence-corrected chi connectivity index (χ3v) is 9.49. The van der Waals surface area contributed by atoms with Gasteiger partial charge in [-0.25, -0.2) is 0 Å². The Bertz CT molecular complexity index is 2830. The summed E-state index contributed by atoms with van der Waals surface area (Å²) in [5, 5.41) is 8.71. The van der Waals surface area contributed by atoms with Crippen molar-refractivity contribution >= 4 is 87.8 Å². The van der Waals surface area contributed by atoms with Gasteiger partial charge in [-0.05, 0) is 53.6 Å². The molecule has 0 fully saturated rings. The monoisotopic (exact) mass is 590 g/mol. The molecule has 11 rings (SSSR count). The van der Waals surface area contributed by atoms with Crippen LogP contribution < -0.4 is 0 Å². The van der Waals surface area contributed by atoms with Crippen LogP contribution in [0.3, 0.4) is 0 Å². The molecule has 0 bridgehead atoms. The molecular weight excluding hydrogens is 568 g/mol. The summed E-state index contributed by atoms with van der Waals surface area (Å²) in [4.78, 5) is 0. The highest BCUT2D eigenvalue weighted by molar-refractivity contribution is 6.19. The molecule has 46 heavy (non-hydrogen) atoms. The van der Waals surface area contributed by atoms with Gasteiger partial charge in [0.25, 0.3) is 0 Å². The Balaban J connectivity index is 1.10. The summed E-state index contributed by atoms with van der Waals surface area (Å²) in [6, 6.07) is 46.1. The molecule has 0 aliphatic heterocycles. The van der Waals surface area contributed by atoms with E-state index < -0.39 is 0 Å². The van der Waals surface area contributed by atoms with Gasteiger partial charge in [0.1, 0.15) is 44.7 Å². The van der Waals surface area contributed by atoms with Gasteiger partial charge < -0.3 is 17.7 Å². The smallest absolute Gasteiger partial charge is 0.143 e. The van der Waals surface area contributed by atoms with Crippen molar-refractivity contribution in [3.05, 3.63) is 133 Å². The van der Waals surface area contributed by atoms with Crippen molar-refractivity contribution in [3.63, 3.8) is 0 Å². The zero-order valence-corrected chi connectivity index (χ0v) is 24.3. The highest BCUT2D eigenvalue weighted by Crippen LogP contribution is 2.43. The molecule has 4 aromatic heterocycles. The van der Waals surface area contributed by atoms with E-state index in [0.29, 0.717) is 0 Å². The molecule has 4 nitrogen and oxygen atoms in total. The van der Waals surface area contributed by atoms with Gasteiger partial charge >= 0.3 is 0 Å². The van der Waals surface area contributed by atoms with E-state index in [9.17, 15) is 0 Å². The first-order valence-corrected chi connectivity index (χ1v) is 15.4. The molecule has 0 atom stereocenters. The third kappa shape index (κ3) is 3.22. The standard InChI is InChI=1S/C42H22O4/c1-3-13-35-27(7-1)31-19-23(15-17-37(31)43-35)25-9-5-11-29-33-21-34-30-12-6-10-26(42(30)46-40(34)22-39(33)45-41(25)29)24-16-18-38-32(20-24)28-8-2-4-14-36(28)44-38/h1-22H. The first-order valence-electron chi connectivity index (χ1n) is 15.4. The van der Waals surface area contributed by atoms with Gasteiger partial charge in [0.2, 0.25) is 0 Å². The zero-order chi connectivity index (χ0) is 29.9. The lowest BCUT2D eigenvalue weighted by Gasteiger charge is -2.03. The highest BCUT2D eigenvalue weighted by atomic mass is 16.3. The van der Waals surface area contributed by atoms with Crippen LogP contribution in [0.25, 0.3) is 110 Å². The maximum atomic E-state index is 6.62. The van der Waals surface area contributed by atoms with Gasteiger partial charge in [-0.15, -0.1) is 0 Å². The van der Waals surface area contributed by atoms with E-state index in [0.717, 1.165) is 110 Å². The normalized spacial score (nSPS) is 12.3. The second-order valence-electron chi connectivity index (χ2n) is 12.0. The largest absolute Gasteiger partial charge is 0.456 e. The fraction of sp³-hybridized carbons (Fsp3) is 0. The summed E-state index contributed by atoms with van der Waals surface area (Å²) in [7, 11) is 0. The molecule has 0 amide bonds. The molecule has 11 aromatic rings. The van der Waals surface area contributed by atoms with Crippen LogP contribution >= 0.6 is 0 Å². The lowest BCUT2D eigenvalue weighted by atomic mass is 9.99. The van der Waals surface area contributed by atoms with Crippen LogP contribution in [0.5, 0.6) is 0 Å². The molecule has 0 saturated carbocycles. The maximum Gasteiger partial charge on any atom is 0.143 e. The molecule has 7 aromatic carbocycles. The van der Waals surface area contributed by atoms with Crippen molar-refractivity contribution in [2.24, 2.45) is 0 Å². The fourth-order valence-corrected chi connectivity index (χ4v) is 7.33. The van der Waals surface area contributed by atoms with Crippen LogP contribution in [0.4, 0.5) is 0 Å². The zero-order valence-electron chi connectivity index (χ0n) is 24.3. The Hall–Kier alpha value is -6.26. The molecule has 4 heteroatoms. The SMILES string of the molecule is c1ccc2c(c1)oc1ccc(-c3cccc4c3oc3cc5oc6c(-c7ccc8oc9ccccc9c8c7)cccc6c5cc34)cc12. The number of para-hydroxylation sites is 4. The Morgan fingerprint density at radius 3 is 1.22 bits per heavy atom. The molecule has 0 aliphatic rings. The van der Waals surface area contributed by atoms with Crippen molar-refractivity contribution in [1.82, 2.24) is 0 Å². The lowest BCUT2D eigenvalue weighted by Crippen LogP contribution is -1.79. The minimum Gasteiger partial charge on any atom is -0.456 e. The van der Waals surface area contributed by atoms with E-state index in [1.54, 1.807) is 0 Å². The predicted molar refractivity (Wildman–Crippen MR) is 186 cm³/mol. The molecule has 0 radical (unpaired) electrons. The van der Waals surface area contributed by atoms with Crippen molar-refractivity contribution in [3.8, 4) is 22.3 Å². The third-order valence-electron chi connectivity index (χ3n) is 9.49. The second kappa shape index (κ2) is 8.68. The van der Waals surface area contributed by atoms with E-state index in [-0.39, 0.29) is 0 Å². The molecule has 0 N–H and O–H groups in total. The summed E-state index contributed by atoms with van der Waals surface area (Å²) in [6.07, 6.45) is 0. The Morgan fingerprint density at radius 1 is 0.261 bits per heavy atom. The van der Waals surface area contributed by atoms with Gasteiger partial charge in [-0.1, -0.05) is 84.9 Å². The topological polar surface area (TPSA) is 52.6 Å². The van der Waals surface area contributed by atoms with Crippen molar-refractivity contribution in [1.29, 1.82) is 0 Å². The quantitative estimate of drug-likeness (QED) is 0.201. The van der Waals surface area contributed by atoms with Crippen LogP contribution in [0.1, 0.15) is 0 Å². The number of hydrogen-bond donors (Lipinski definition) is 0. The fourth-order valence-electron chi connectivity index (χ4n) is 7.33. The number of benzene rings is 7. The molecule has 0 saturated heterocycles. The van der Waals surface area contributed by atoms with E-state index in [1.165, 1.54) is 0 Å². The number of hydrogen-bond acceptors (Lipinski definition) is 4. The average molecular weight is 591 g/mol. The first-order chi connectivity index (χ1) is 22.8. The minimum atomic E-state index is 0.802. The Labute approximate surface area is 260 Å². The van der Waals surface area contributed by atoms with Crippen molar-refractivity contribution < 1.29 is 17.7 Å². The predicted octanol–water partition coefficient (Wildman–Crippen LogP) is 12.6. The summed E-state index contributed by atoms with van der Waals surface area (Å²) in [5.74, 6) is 0. The van der Waals surface area contributed by atoms with Gasteiger partial charge in [0.15, 0.2) is 0 Å². The molecule has 4 heterocycles. The van der Waals surface area contributed by atoms with Crippen LogP contribution in [-0.2, 0) is 0 Å². The maximum absolute atomic E-state index is 6.62. The average Bonchev–Trinajstić information content (AvgIpc) is 3.86. The first kappa shape index (κ1) is 24.1. The Morgan fingerprint density at radius 2 is 0.696 bits per heavy atom. The lowest BCUT2D eigenvalue weighted by molar-refractivity contribution is 0.657. The minimum absolute atomic E-state index is 0.802.